The Balaban J connectivity index is 2.35. The SMILES string of the molecule is ClCCS[C@H]1CCCCC[C@H]1SCCCl. The molecule has 0 aromatic rings. The molecular formula is C11H20Cl2S2. The molecule has 0 N–H and O–H groups in total. The number of alkyl halides is 2. The van der Waals surface area contributed by atoms with Crippen LogP contribution in [0.3, 0.4) is 0 Å². The highest BCUT2D eigenvalue weighted by atomic mass is 35.5. The van der Waals surface area contributed by atoms with E-state index in [-0.39, 0.29) is 0 Å². The summed E-state index contributed by atoms with van der Waals surface area (Å²) in [6.45, 7) is 0. The van der Waals surface area contributed by atoms with Gasteiger partial charge in [0.15, 0.2) is 0 Å². The van der Waals surface area contributed by atoms with Crippen LogP contribution in [0, 0.1) is 0 Å². The molecule has 0 unspecified atom stereocenters. The summed E-state index contributed by atoms with van der Waals surface area (Å²) in [5, 5.41) is 1.64. The van der Waals surface area contributed by atoms with Crippen LogP contribution in [0.25, 0.3) is 0 Å². The molecule has 0 saturated heterocycles. The summed E-state index contributed by atoms with van der Waals surface area (Å²) >= 11 is 15.7. The average molecular weight is 287 g/mol. The summed E-state index contributed by atoms with van der Waals surface area (Å²) in [6, 6.07) is 0. The van der Waals surface area contributed by atoms with E-state index in [1.54, 1.807) is 0 Å². The molecule has 0 aromatic carbocycles. The zero-order valence-corrected chi connectivity index (χ0v) is 12.2. The Morgan fingerprint density at radius 1 is 0.800 bits per heavy atom. The first-order valence-corrected chi connectivity index (χ1v) is 8.90. The van der Waals surface area contributed by atoms with Crippen molar-refractivity contribution in [3.05, 3.63) is 0 Å². The quantitative estimate of drug-likeness (QED) is 0.516. The van der Waals surface area contributed by atoms with Gasteiger partial charge in [0, 0.05) is 33.8 Å². The maximum atomic E-state index is 5.76. The molecule has 0 aliphatic heterocycles. The van der Waals surface area contributed by atoms with Gasteiger partial charge in [0.25, 0.3) is 0 Å². The Labute approximate surface area is 112 Å². The Morgan fingerprint density at radius 3 is 1.67 bits per heavy atom. The van der Waals surface area contributed by atoms with Crippen LogP contribution in [0.4, 0.5) is 0 Å². The highest BCUT2D eigenvalue weighted by molar-refractivity contribution is 8.03. The van der Waals surface area contributed by atoms with Gasteiger partial charge in [-0.15, -0.1) is 23.2 Å². The van der Waals surface area contributed by atoms with Crippen molar-refractivity contribution in [2.24, 2.45) is 0 Å². The average Bonchev–Trinajstić information content (AvgIpc) is 2.48. The zero-order valence-electron chi connectivity index (χ0n) is 9.09. The van der Waals surface area contributed by atoms with Crippen molar-refractivity contribution in [3.8, 4) is 0 Å². The van der Waals surface area contributed by atoms with Gasteiger partial charge in [0.2, 0.25) is 0 Å². The van der Waals surface area contributed by atoms with Crippen molar-refractivity contribution < 1.29 is 0 Å². The van der Waals surface area contributed by atoms with Crippen LogP contribution >= 0.6 is 46.7 Å². The van der Waals surface area contributed by atoms with Crippen molar-refractivity contribution in [3.63, 3.8) is 0 Å². The van der Waals surface area contributed by atoms with Gasteiger partial charge >= 0.3 is 0 Å². The molecule has 0 heterocycles. The van der Waals surface area contributed by atoms with E-state index in [0.717, 1.165) is 33.8 Å². The molecule has 0 bridgehead atoms. The highest BCUT2D eigenvalue weighted by Crippen LogP contribution is 2.35. The second-order valence-electron chi connectivity index (χ2n) is 3.83. The minimum Gasteiger partial charge on any atom is -0.156 e. The Morgan fingerprint density at radius 2 is 1.27 bits per heavy atom. The second kappa shape index (κ2) is 9.32. The predicted octanol–water partition coefficient (Wildman–Crippen LogP) is 4.63. The van der Waals surface area contributed by atoms with Crippen LogP contribution in [-0.4, -0.2) is 33.8 Å². The zero-order chi connectivity index (χ0) is 10.9. The largest absolute Gasteiger partial charge is 0.156 e. The maximum absolute atomic E-state index is 5.76. The van der Waals surface area contributed by atoms with Crippen LogP contribution in [0.15, 0.2) is 0 Å². The summed E-state index contributed by atoms with van der Waals surface area (Å²) in [7, 11) is 0. The third-order valence-corrected chi connectivity index (χ3v) is 6.57. The first kappa shape index (κ1) is 14.3. The second-order valence-corrected chi connectivity index (χ2v) is 7.28. The fourth-order valence-corrected chi connectivity index (χ4v) is 5.17. The minimum absolute atomic E-state index is 0.786. The van der Waals surface area contributed by atoms with Crippen LogP contribution in [0.2, 0.25) is 0 Å². The molecule has 0 aromatic heterocycles. The molecule has 90 valence electrons. The summed E-state index contributed by atoms with van der Waals surface area (Å²) in [4.78, 5) is 0. The van der Waals surface area contributed by atoms with Gasteiger partial charge in [0.05, 0.1) is 0 Å². The first-order chi connectivity index (χ1) is 7.38. The summed E-state index contributed by atoms with van der Waals surface area (Å²) in [5.74, 6) is 3.77. The molecule has 2 atom stereocenters. The molecular weight excluding hydrogens is 267 g/mol. The Hall–Kier alpha value is 1.28. The van der Waals surface area contributed by atoms with E-state index in [1.165, 1.54) is 32.1 Å². The van der Waals surface area contributed by atoms with Gasteiger partial charge in [-0.3, -0.25) is 0 Å². The van der Waals surface area contributed by atoms with Gasteiger partial charge in [-0.25, -0.2) is 0 Å². The maximum Gasteiger partial charge on any atom is 0.0314 e. The van der Waals surface area contributed by atoms with Gasteiger partial charge in [0.1, 0.15) is 0 Å². The minimum atomic E-state index is 0.786. The molecule has 4 heteroatoms. The molecule has 0 radical (unpaired) electrons. The van der Waals surface area contributed by atoms with Gasteiger partial charge in [-0.2, -0.15) is 23.5 Å². The lowest BCUT2D eigenvalue weighted by Crippen LogP contribution is -2.20. The predicted molar refractivity (Wildman–Crippen MR) is 77.0 cm³/mol. The van der Waals surface area contributed by atoms with E-state index < -0.39 is 0 Å². The van der Waals surface area contributed by atoms with E-state index in [0.29, 0.717) is 0 Å². The molecule has 1 fully saturated rings. The third kappa shape index (κ3) is 5.95. The summed E-state index contributed by atoms with van der Waals surface area (Å²) < 4.78 is 0. The summed E-state index contributed by atoms with van der Waals surface area (Å²) in [6.07, 6.45) is 6.97. The molecule has 0 nitrogen and oxygen atoms in total. The van der Waals surface area contributed by atoms with E-state index in [1.807, 2.05) is 0 Å². The van der Waals surface area contributed by atoms with Crippen LogP contribution in [-0.2, 0) is 0 Å². The normalized spacial score (nSPS) is 27.6. The van der Waals surface area contributed by atoms with Crippen LogP contribution in [0.1, 0.15) is 32.1 Å². The van der Waals surface area contributed by atoms with Gasteiger partial charge in [-0.1, -0.05) is 19.3 Å². The molecule has 1 saturated carbocycles. The lowest BCUT2D eigenvalue weighted by Gasteiger charge is -2.23. The van der Waals surface area contributed by atoms with Crippen molar-refractivity contribution in [1.29, 1.82) is 0 Å². The van der Waals surface area contributed by atoms with Crippen molar-refractivity contribution >= 4 is 46.7 Å². The van der Waals surface area contributed by atoms with Crippen molar-refractivity contribution in [2.75, 3.05) is 23.3 Å². The number of halogens is 2. The molecule has 0 amide bonds. The topological polar surface area (TPSA) is 0 Å². The smallest absolute Gasteiger partial charge is 0.0314 e. The van der Waals surface area contributed by atoms with Crippen LogP contribution in [0.5, 0.6) is 0 Å². The van der Waals surface area contributed by atoms with Gasteiger partial charge in [-0.05, 0) is 12.8 Å². The van der Waals surface area contributed by atoms with E-state index >= 15 is 0 Å². The Kier molecular flexibility index (Phi) is 8.92. The number of rotatable bonds is 6. The third-order valence-electron chi connectivity index (χ3n) is 2.71. The first-order valence-electron chi connectivity index (χ1n) is 5.73. The van der Waals surface area contributed by atoms with E-state index in [2.05, 4.69) is 23.5 Å². The molecule has 1 aliphatic rings. The number of thioether (sulfide) groups is 2. The standard InChI is InChI=1S/C11H20Cl2S2/c12-6-8-14-10-4-2-1-3-5-11(10)15-9-7-13/h10-11H,1-9H2/t10-,11+. The molecule has 0 spiro atoms. The molecule has 1 aliphatic carbocycles. The van der Waals surface area contributed by atoms with Crippen LogP contribution < -0.4 is 0 Å². The van der Waals surface area contributed by atoms with Crippen molar-refractivity contribution in [1.82, 2.24) is 0 Å². The van der Waals surface area contributed by atoms with E-state index in [9.17, 15) is 0 Å². The van der Waals surface area contributed by atoms with Crippen molar-refractivity contribution in [2.45, 2.75) is 42.6 Å². The lowest BCUT2D eigenvalue weighted by molar-refractivity contribution is 0.704. The van der Waals surface area contributed by atoms with Gasteiger partial charge < -0.3 is 0 Å². The monoisotopic (exact) mass is 286 g/mol. The summed E-state index contributed by atoms with van der Waals surface area (Å²) in [5.41, 5.74) is 0. The molecule has 1 rings (SSSR count). The number of hydrogen-bond acceptors (Lipinski definition) is 2. The number of hydrogen-bond donors (Lipinski definition) is 0. The fourth-order valence-electron chi connectivity index (χ4n) is 2.01. The Bertz CT molecular complexity index is 140. The molecule has 15 heavy (non-hydrogen) atoms. The fraction of sp³-hybridized carbons (Fsp3) is 1.00. The van der Waals surface area contributed by atoms with E-state index in [4.69, 9.17) is 23.2 Å². The highest BCUT2D eigenvalue weighted by Gasteiger charge is 2.23. The lowest BCUT2D eigenvalue weighted by atomic mass is 10.2.